The predicted molar refractivity (Wildman–Crippen MR) is 60.9 cm³/mol. The van der Waals surface area contributed by atoms with Gasteiger partial charge in [-0.25, -0.2) is 4.98 Å². The van der Waals surface area contributed by atoms with Crippen LogP contribution in [0.1, 0.15) is 0 Å². The summed E-state index contributed by atoms with van der Waals surface area (Å²) in [4.78, 5) is 3.95. The Balaban J connectivity index is 2.26. The van der Waals surface area contributed by atoms with Gasteiger partial charge >= 0.3 is 0 Å². The molecule has 0 aliphatic carbocycles. The molecule has 0 atom stereocenters. The fraction of sp³-hybridized carbons (Fsp3) is 0.100. The van der Waals surface area contributed by atoms with E-state index in [-0.39, 0.29) is 5.75 Å². The van der Waals surface area contributed by atoms with Gasteiger partial charge < -0.3 is 9.84 Å². The van der Waals surface area contributed by atoms with Gasteiger partial charge in [-0.2, -0.15) is 0 Å². The summed E-state index contributed by atoms with van der Waals surface area (Å²) in [6.07, 6.45) is 1.64. The number of benzene rings is 1. The zero-order valence-corrected chi connectivity index (χ0v) is 9.31. The summed E-state index contributed by atoms with van der Waals surface area (Å²) in [7, 11) is 1.55. The number of ether oxygens (including phenoxy) is 1. The summed E-state index contributed by atoms with van der Waals surface area (Å²) in [6, 6.07) is 4.76. The Kier molecular flexibility index (Phi) is 3.11. The molecule has 82 valence electrons. The van der Waals surface area contributed by atoms with Crippen molar-refractivity contribution in [2.75, 3.05) is 7.11 Å². The summed E-state index contributed by atoms with van der Waals surface area (Å²) in [5, 5.41) is 19.7. The Labute approximate surface area is 96.1 Å². The number of rotatable bonds is 3. The van der Waals surface area contributed by atoms with Crippen LogP contribution in [0.25, 0.3) is 0 Å². The Morgan fingerprint density at radius 1 is 1.38 bits per heavy atom. The molecule has 2 rings (SSSR count). The Morgan fingerprint density at radius 3 is 2.94 bits per heavy atom. The van der Waals surface area contributed by atoms with Gasteiger partial charge in [-0.3, -0.25) is 0 Å². The average molecular weight is 235 g/mol. The molecular weight excluding hydrogens is 226 g/mol. The van der Waals surface area contributed by atoms with Crippen molar-refractivity contribution in [1.29, 1.82) is 0 Å². The van der Waals surface area contributed by atoms with E-state index >= 15 is 0 Å². The van der Waals surface area contributed by atoms with Crippen molar-refractivity contribution in [3.63, 3.8) is 0 Å². The smallest absolute Gasteiger partial charge is 0.229 e. The van der Waals surface area contributed by atoms with Crippen molar-refractivity contribution in [2.45, 2.75) is 0 Å². The van der Waals surface area contributed by atoms with E-state index in [1.165, 1.54) is 17.4 Å². The molecule has 5 nitrogen and oxygen atoms in total. The summed E-state index contributed by atoms with van der Waals surface area (Å²) in [6.45, 7) is 0. The number of aromatic nitrogens is 1. The first-order valence-electron chi connectivity index (χ1n) is 4.48. The first kappa shape index (κ1) is 10.6. The molecule has 0 bridgehead atoms. The van der Waals surface area contributed by atoms with Gasteiger partial charge in [0, 0.05) is 17.6 Å². The third-order valence-corrected chi connectivity index (χ3v) is 2.50. The zero-order valence-electron chi connectivity index (χ0n) is 8.49. The topological polar surface area (TPSA) is 67.1 Å². The molecule has 1 heterocycles. The van der Waals surface area contributed by atoms with Gasteiger partial charge in [-0.15, -0.1) is 21.6 Å². The first-order valence-corrected chi connectivity index (χ1v) is 5.36. The van der Waals surface area contributed by atoms with Crippen LogP contribution in [0.5, 0.6) is 11.5 Å². The van der Waals surface area contributed by atoms with E-state index in [1.807, 2.05) is 0 Å². The lowest BCUT2D eigenvalue weighted by atomic mass is 10.3. The lowest BCUT2D eigenvalue weighted by Crippen LogP contribution is -1.80. The van der Waals surface area contributed by atoms with E-state index in [0.29, 0.717) is 16.6 Å². The molecule has 0 fully saturated rings. The summed E-state index contributed by atoms with van der Waals surface area (Å²) >= 11 is 1.37. The number of phenols is 1. The van der Waals surface area contributed by atoms with Crippen LogP contribution >= 0.6 is 11.3 Å². The highest BCUT2D eigenvalue weighted by molar-refractivity contribution is 7.13. The SMILES string of the molecule is COc1ccc(O)c(/N=N/c2nccs2)c1. The molecule has 2 aromatic rings. The third-order valence-electron chi connectivity index (χ3n) is 1.85. The van der Waals surface area contributed by atoms with Crippen molar-refractivity contribution >= 4 is 22.2 Å². The molecule has 0 aliphatic rings. The summed E-state index contributed by atoms with van der Waals surface area (Å²) in [5.74, 6) is 0.673. The molecule has 1 aromatic heterocycles. The van der Waals surface area contributed by atoms with Crippen LogP contribution in [0, 0.1) is 0 Å². The highest BCUT2D eigenvalue weighted by atomic mass is 32.1. The van der Waals surface area contributed by atoms with E-state index < -0.39 is 0 Å². The molecule has 0 amide bonds. The molecule has 0 spiro atoms. The number of hydrogen-bond donors (Lipinski definition) is 1. The number of hydrogen-bond acceptors (Lipinski definition) is 6. The largest absolute Gasteiger partial charge is 0.506 e. The maximum absolute atomic E-state index is 9.53. The molecular formula is C10H9N3O2S. The number of aromatic hydroxyl groups is 1. The molecule has 1 N–H and O–H groups in total. The van der Waals surface area contributed by atoms with Crippen molar-refractivity contribution < 1.29 is 9.84 Å². The number of thiazole rings is 1. The average Bonchev–Trinajstić information content (AvgIpc) is 2.81. The zero-order chi connectivity index (χ0) is 11.4. The second-order valence-electron chi connectivity index (χ2n) is 2.87. The molecule has 0 aliphatic heterocycles. The standard InChI is InChI=1S/C10H9N3O2S/c1-15-7-2-3-9(14)8(6-7)12-13-10-11-4-5-16-10/h2-6,14H,1H3/b13-12+. The molecule has 0 saturated heterocycles. The van der Waals surface area contributed by atoms with Gasteiger partial charge in [-0.05, 0) is 12.1 Å². The highest BCUT2D eigenvalue weighted by Gasteiger charge is 2.02. The van der Waals surface area contributed by atoms with E-state index in [9.17, 15) is 5.11 Å². The fourth-order valence-electron chi connectivity index (χ4n) is 1.07. The van der Waals surface area contributed by atoms with Crippen molar-refractivity contribution in [2.24, 2.45) is 10.2 Å². The van der Waals surface area contributed by atoms with Gasteiger partial charge in [0.1, 0.15) is 17.2 Å². The minimum atomic E-state index is 0.0566. The van der Waals surface area contributed by atoms with Crippen LogP contribution in [-0.4, -0.2) is 17.2 Å². The monoisotopic (exact) mass is 235 g/mol. The van der Waals surface area contributed by atoms with E-state index in [0.717, 1.165) is 0 Å². The number of methoxy groups -OCH3 is 1. The van der Waals surface area contributed by atoms with Crippen molar-refractivity contribution in [3.05, 3.63) is 29.8 Å². The van der Waals surface area contributed by atoms with E-state index in [2.05, 4.69) is 15.2 Å². The lowest BCUT2D eigenvalue weighted by Gasteiger charge is -2.01. The second-order valence-corrected chi connectivity index (χ2v) is 3.74. The quantitative estimate of drug-likeness (QED) is 0.830. The summed E-state index contributed by atoms with van der Waals surface area (Å²) in [5.41, 5.74) is 0.356. The van der Waals surface area contributed by atoms with Crippen LogP contribution in [-0.2, 0) is 0 Å². The van der Waals surface area contributed by atoms with Gasteiger partial charge in [0.2, 0.25) is 5.13 Å². The Bertz CT molecular complexity index is 497. The maximum atomic E-state index is 9.53. The maximum Gasteiger partial charge on any atom is 0.229 e. The molecule has 6 heteroatoms. The molecule has 0 unspecified atom stereocenters. The molecule has 0 radical (unpaired) electrons. The summed E-state index contributed by atoms with van der Waals surface area (Å²) < 4.78 is 5.02. The molecule has 16 heavy (non-hydrogen) atoms. The Morgan fingerprint density at radius 2 is 2.25 bits per heavy atom. The number of azo groups is 1. The number of nitrogens with zero attached hydrogens (tertiary/aromatic N) is 3. The van der Waals surface area contributed by atoms with E-state index in [4.69, 9.17) is 4.74 Å². The van der Waals surface area contributed by atoms with E-state index in [1.54, 1.807) is 30.8 Å². The van der Waals surface area contributed by atoms with Crippen LogP contribution in [0.2, 0.25) is 0 Å². The highest BCUT2D eigenvalue weighted by Crippen LogP contribution is 2.31. The van der Waals surface area contributed by atoms with Gasteiger partial charge in [0.05, 0.1) is 7.11 Å². The van der Waals surface area contributed by atoms with Crippen LogP contribution in [0.4, 0.5) is 10.8 Å². The second kappa shape index (κ2) is 4.71. The first-order chi connectivity index (χ1) is 7.79. The normalized spacial score (nSPS) is 10.8. The van der Waals surface area contributed by atoms with Gasteiger partial charge in [0.15, 0.2) is 0 Å². The van der Waals surface area contributed by atoms with Gasteiger partial charge in [-0.1, -0.05) is 0 Å². The van der Waals surface area contributed by atoms with Crippen LogP contribution in [0.15, 0.2) is 40.0 Å². The van der Waals surface area contributed by atoms with Crippen molar-refractivity contribution in [1.82, 2.24) is 4.98 Å². The fourth-order valence-corrected chi connectivity index (χ4v) is 1.53. The van der Waals surface area contributed by atoms with Crippen LogP contribution < -0.4 is 4.74 Å². The lowest BCUT2D eigenvalue weighted by molar-refractivity contribution is 0.412. The Hall–Kier alpha value is -1.95. The minimum absolute atomic E-state index is 0.0566. The number of phenolic OH excluding ortho intramolecular Hbond substituents is 1. The third kappa shape index (κ3) is 2.34. The molecule has 1 aromatic carbocycles. The minimum Gasteiger partial charge on any atom is -0.506 e. The molecule has 0 saturated carbocycles. The predicted octanol–water partition coefficient (Wildman–Crippen LogP) is 3.27. The van der Waals surface area contributed by atoms with Crippen LogP contribution in [0.3, 0.4) is 0 Å². The van der Waals surface area contributed by atoms with Gasteiger partial charge in [0.25, 0.3) is 0 Å². The van der Waals surface area contributed by atoms with Crippen molar-refractivity contribution in [3.8, 4) is 11.5 Å².